The van der Waals surface area contributed by atoms with Gasteiger partial charge in [0.05, 0.1) is 11.4 Å². The van der Waals surface area contributed by atoms with Crippen LogP contribution in [0.3, 0.4) is 0 Å². The van der Waals surface area contributed by atoms with Gasteiger partial charge in [-0.15, -0.1) is 11.3 Å². The number of nitrogens with one attached hydrogen (secondary N) is 1. The molecule has 2 aromatic heterocycles. The van der Waals surface area contributed by atoms with Crippen molar-refractivity contribution in [1.82, 2.24) is 15.5 Å². The summed E-state index contributed by atoms with van der Waals surface area (Å²) < 4.78 is 11.2. The van der Waals surface area contributed by atoms with E-state index in [2.05, 4.69) is 21.5 Å². The number of carbonyl (C=O) groups is 1. The predicted octanol–water partition coefficient (Wildman–Crippen LogP) is 3.76. The number of rotatable bonds is 6. The molecule has 1 atom stereocenters. The molecule has 2 heterocycles. The number of nitrogens with zero attached hydrogens (tertiary/aromatic N) is 2. The third-order valence-corrected chi connectivity index (χ3v) is 5.52. The Hall–Kier alpha value is -2.67. The average Bonchev–Trinajstić information content (AvgIpc) is 3.38. The number of ether oxygens (including phenoxy) is 1. The minimum Gasteiger partial charge on any atom is -0.481 e. The van der Waals surface area contributed by atoms with Crippen molar-refractivity contribution in [2.24, 2.45) is 0 Å². The van der Waals surface area contributed by atoms with E-state index >= 15 is 0 Å². The molecule has 0 spiro atoms. The molecular formula is C20H21N3O3S. The molecule has 0 fully saturated rings. The first-order valence-corrected chi connectivity index (χ1v) is 10.0. The smallest absolute Gasteiger partial charge is 0.261 e. The van der Waals surface area contributed by atoms with E-state index in [9.17, 15) is 4.79 Å². The summed E-state index contributed by atoms with van der Waals surface area (Å²) in [5, 5.41) is 8.69. The van der Waals surface area contributed by atoms with Gasteiger partial charge >= 0.3 is 0 Å². The first-order chi connectivity index (χ1) is 13.2. The molecule has 0 unspecified atom stereocenters. The van der Waals surface area contributed by atoms with E-state index in [-0.39, 0.29) is 12.5 Å². The van der Waals surface area contributed by atoms with Crippen LogP contribution < -0.4 is 10.1 Å². The number of hydrogen-bond acceptors (Lipinski definition) is 6. The minimum absolute atomic E-state index is 0.178. The van der Waals surface area contributed by atoms with Gasteiger partial charge in [0.15, 0.2) is 6.10 Å². The predicted molar refractivity (Wildman–Crippen MR) is 103 cm³/mol. The van der Waals surface area contributed by atoms with Crippen molar-refractivity contribution < 1.29 is 14.1 Å². The molecule has 1 aliphatic rings. The fraction of sp³-hybridized carbons (Fsp3) is 0.350. The number of aryl methyl sites for hydroxylation is 1. The van der Waals surface area contributed by atoms with Crippen LogP contribution in [-0.2, 0) is 24.2 Å². The lowest BCUT2D eigenvalue weighted by atomic mass is 9.91. The highest BCUT2D eigenvalue weighted by molar-refractivity contribution is 7.13. The van der Waals surface area contributed by atoms with E-state index in [1.807, 2.05) is 29.6 Å². The highest BCUT2D eigenvalue weighted by atomic mass is 32.1. The Morgan fingerprint density at radius 1 is 1.30 bits per heavy atom. The number of hydrogen-bond donors (Lipinski definition) is 1. The summed E-state index contributed by atoms with van der Waals surface area (Å²) in [6.07, 6.45) is 3.87. The molecule has 3 aromatic rings. The molecule has 0 bridgehead atoms. The summed E-state index contributed by atoms with van der Waals surface area (Å²) in [7, 11) is 0. The van der Waals surface area contributed by atoms with Crippen LogP contribution in [0.2, 0.25) is 0 Å². The second kappa shape index (κ2) is 7.92. The zero-order valence-corrected chi connectivity index (χ0v) is 15.9. The molecule has 7 heteroatoms. The van der Waals surface area contributed by atoms with Gasteiger partial charge in [0, 0.05) is 0 Å². The molecular weight excluding hydrogens is 362 g/mol. The maximum absolute atomic E-state index is 12.4. The zero-order valence-electron chi connectivity index (χ0n) is 15.1. The average molecular weight is 383 g/mol. The van der Waals surface area contributed by atoms with E-state index in [0.717, 1.165) is 29.9 Å². The van der Waals surface area contributed by atoms with Gasteiger partial charge in [-0.1, -0.05) is 23.4 Å². The highest BCUT2D eigenvalue weighted by Gasteiger charge is 2.20. The molecule has 0 radical (unpaired) electrons. The largest absolute Gasteiger partial charge is 0.481 e. The first-order valence-electron chi connectivity index (χ1n) is 9.12. The summed E-state index contributed by atoms with van der Waals surface area (Å²) in [5.41, 5.74) is 2.57. The molecule has 140 valence electrons. The Labute approximate surface area is 161 Å². The Balaban J connectivity index is 1.35. The van der Waals surface area contributed by atoms with Crippen LogP contribution in [0, 0.1) is 0 Å². The third kappa shape index (κ3) is 4.03. The number of thiophene rings is 1. The van der Waals surface area contributed by atoms with Gasteiger partial charge in [0.2, 0.25) is 11.7 Å². The van der Waals surface area contributed by atoms with Crippen LogP contribution in [0.1, 0.15) is 36.8 Å². The Kier molecular flexibility index (Phi) is 5.20. The van der Waals surface area contributed by atoms with Crippen LogP contribution in [0.5, 0.6) is 5.75 Å². The van der Waals surface area contributed by atoms with Crippen LogP contribution in [0.15, 0.2) is 40.2 Å². The molecule has 0 saturated heterocycles. The number of fused-ring (bicyclic) bond motifs is 1. The lowest BCUT2D eigenvalue weighted by molar-refractivity contribution is -0.127. The van der Waals surface area contributed by atoms with Gasteiger partial charge < -0.3 is 14.6 Å². The molecule has 1 aliphatic carbocycles. The van der Waals surface area contributed by atoms with E-state index in [4.69, 9.17) is 9.26 Å². The summed E-state index contributed by atoms with van der Waals surface area (Å²) in [5.74, 6) is 1.51. The number of aromatic nitrogens is 2. The molecule has 1 aromatic carbocycles. The normalized spacial score (nSPS) is 14.4. The second-order valence-corrected chi connectivity index (χ2v) is 7.52. The topological polar surface area (TPSA) is 77.2 Å². The Morgan fingerprint density at radius 2 is 2.19 bits per heavy atom. The maximum atomic E-state index is 12.4. The minimum atomic E-state index is -0.599. The SMILES string of the molecule is C[C@H](Oc1cccc2c1CCCC2)C(=O)NCc1nc(-c2cccs2)no1. The van der Waals surface area contributed by atoms with Crippen molar-refractivity contribution >= 4 is 17.2 Å². The van der Waals surface area contributed by atoms with Crippen LogP contribution in [-0.4, -0.2) is 22.2 Å². The van der Waals surface area contributed by atoms with E-state index in [1.54, 1.807) is 6.92 Å². The lowest BCUT2D eigenvalue weighted by Crippen LogP contribution is -2.36. The van der Waals surface area contributed by atoms with Crippen molar-refractivity contribution in [2.45, 2.75) is 45.3 Å². The number of amides is 1. The second-order valence-electron chi connectivity index (χ2n) is 6.57. The van der Waals surface area contributed by atoms with Gasteiger partial charge in [0.25, 0.3) is 5.91 Å². The van der Waals surface area contributed by atoms with Crippen LogP contribution in [0.4, 0.5) is 0 Å². The number of benzene rings is 1. The monoisotopic (exact) mass is 383 g/mol. The molecule has 1 N–H and O–H groups in total. The maximum Gasteiger partial charge on any atom is 0.261 e. The third-order valence-electron chi connectivity index (χ3n) is 4.65. The van der Waals surface area contributed by atoms with Crippen LogP contribution in [0.25, 0.3) is 10.7 Å². The van der Waals surface area contributed by atoms with Crippen molar-refractivity contribution in [3.05, 3.63) is 52.7 Å². The number of carbonyl (C=O) groups excluding carboxylic acids is 1. The molecule has 0 saturated carbocycles. The van der Waals surface area contributed by atoms with Crippen LogP contribution >= 0.6 is 11.3 Å². The Bertz CT molecular complexity index is 920. The molecule has 27 heavy (non-hydrogen) atoms. The Morgan fingerprint density at radius 3 is 3.04 bits per heavy atom. The lowest BCUT2D eigenvalue weighted by Gasteiger charge is -2.21. The fourth-order valence-corrected chi connectivity index (χ4v) is 3.89. The zero-order chi connectivity index (χ0) is 18.6. The van der Waals surface area contributed by atoms with Gasteiger partial charge in [-0.2, -0.15) is 4.98 Å². The quantitative estimate of drug-likeness (QED) is 0.701. The standard InChI is InChI=1S/C20H21N3O3S/c1-13(25-16-9-4-7-14-6-2-3-8-15(14)16)20(24)21-12-18-22-19(23-26-18)17-10-5-11-27-17/h4-5,7,9-11,13H,2-3,6,8,12H2,1H3,(H,21,24)/t13-/m0/s1. The van der Waals surface area contributed by atoms with E-state index in [1.165, 1.54) is 28.9 Å². The van der Waals surface area contributed by atoms with E-state index < -0.39 is 6.10 Å². The molecule has 6 nitrogen and oxygen atoms in total. The van der Waals surface area contributed by atoms with Gasteiger partial charge in [-0.3, -0.25) is 4.79 Å². The van der Waals surface area contributed by atoms with Gasteiger partial charge in [-0.05, 0) is 61.2 Å². The molecule has 0 aliphatic heterocycles. The summed E-state index contributed by atoms with van der Waals surface area (Å²) >= 11 is 1.54. The highest BCUT2D eigenvalue weighted by Crippen LogP contribution is 2.30. The summed E-state index contributed by atoms with van der Waals surface area (Å²) in [6.45, 7) is 1.93. The van der Waals surface area contributed by atoms with Crippen molar-refractivity contribution in [1.29, 1.82) is 0 Å². The molecule has 1 amide bonds. The van der Waals surface area contributed by atoms with Crippen molar-refractivity contribution in [3.8, 4) is 16.5 Å². The molecule has 4 rings (SSSR count). The first kappa shape index (κ1) is 17.7. The van der Waals surface area contributed by atoms with Gasteiger partial charge in [0.1, 0.15) is 5.75 Å². The van der Waals surface area contributed by atoms with Crippen molar-refractivity contribution in [2.75, 3.05) is 0 Å². The fourth-order valence-electron chi connectivity index (χ4n) is 3.24. The summed E-state index contributed by atoms with van der Waals surface area (Å²) in [6, 6.07) is 9.94. The summed E-state index contributed by atoms with van der Waals surface area (Å²) in [4.78, 5) is 17.6. The van der Waals surface area contributed by atoms with Gasteiger partial charge in [-0.25, -0.2) is 0 Å². The van der Waals surface area contributed by atoms with E-state index in [0.29, 0.717) is 11.7 Å². The van der Waals surface area contributed by atoms with Crippen molar-refractivity contribution in [3.63, 3.8) is 0 Å².